The second-order valence-electron chi connectivity index (χ2n) is 13.9. The van der Waals surface area contributed by atoms with Crippen molar-refractivity contribution in [3.05, 3.63) is 109 Å². The van der Waals surface area contributed by atoms with Crippen molar-refractivity contribution >= 4 is 55.2 Å². The molecule has 57 heavy (non-hydrogen) atoms. The summed E-state index contributed by atoms with van der Waals surface area (Å²) in [6.45, 7) is -0.998. The molecule has 1 saturated carbocycles. The molecule has 21 heteroatoms. The molecule has 3 heterocycles. The van der Waals surface area contributed by atoms with Gasteiger partial charge in [0.05, 0.1) is 56.4 Å². The van der Waals surface area contributed by atoms with Crippen LogP contribution in [0.4, 0.5) is 32.2 Å². The van der Waals surface area contributed by atoms with E-state index in [9.17, 15) is 40.8 Å². The standard InChI is InChI=1S/C36H26ClF6N9O4S/c1-50-30-25(6-5-22(37)28(30)33(48-50)49-57(2,55)56)52-34(46-23-9-15(13-44)3-4-19(23)35(52)54)24(10-16-7-17(38)11-18(39)8-16)45-26(53)14-51-31-27(29(47-51)32(40)41)20-12-21(20)36(31,42)43/h3-9,11,20-21,24,32H,10,12,14H2,1-2H3,(H,45,53)(H,48,49)/t20?,21-,24?/m1/s1. The zero-order chi connectivity index (χ0) is 40.9. The molecule has 1 amide bonds. The topological polar surface area (TPSA) is 170 Å². The average molecular weight is 830 g/mol. The third-order valence-electron chi connectivity index (χ3n) is 9.93. The lowest BCUT2D eigenvalue weighted by molar-refractivity contribution is -0.123. The molecule has 2 aliphatic carbocycles. The predicted octanol–water partition coefficient (Wildman–Crippen LogP) is 5.89. The molecule has 0 saturated heterocycles. The number of benzene rings is 3. The Bertz CT molecular complexity index is 2910. The van der Waals surface area contributed by atoms with Crippen molar-refractivity contribution in [1.29, 1.82) is 5.26 Å². The van der Waals surface area contributed by atoms with Crippen LogP contribution in [0.25, 0.3) is 27.5 Å². The van der Waals surface area contributed by atoms with Crippen LogP contribution in [0, 0.1) is 28.9 Å². The van der Waals surface area contributed by atoms with Crippen molar-refractivity contribution < 1.29 is 39.6 Å². The Hall–Kier alpha value is -5.94. The molecule has 3 aromatic carbocycles. The lowest BCUT2D eigenvalue weighted by atomic mass is 10.0. The third-order valence-corrected chi connectivity index (χ3v) is 10.8. The van der Waals surface area contributed by atoms with Crippen LogP contribution in [0.15, 0.2) is 53.3 Å². The van der Waals surface area contributed by atoms with E-state index in [-0.39, 0.29) is 67.3 Å². The van der Waals surface area contributed by atoms with Gasteiger partial charge in [-0.3, -0.25) is 28.2 Å². The van der Waals surface area contributed by atoms with Crippen molar-refractivity contribution in [1.82, 2.24) is 34.4 Å². The maximum absolute atomic E-state index is 15.4. The van der Waals surface area contributed by atoms with Crippen LogP contribution in [0.3, 0.4) is 0 Å². The normalized spacial score (nSPS) is 17.4. The molecule has 0 radical (unpaired) electrons. The summed E-state index contributed by atoms with van der Waals surface area (Å²) in [6, 6.07) is 9.59. The van der Waals surface area contributed by atoms with Gasteiger partial charge in [0.2, 0.25) is 15.9 Å². The highest BCUT2D eigenvalue weighted by Crippen LogP contribution is 2.68. The number of amides is 1. The van der Waals surface area contributed by atoms with Gasteiger partial charge in [0.15, 0.2) is 5.82 Å². The summed E-state index contributed by atoms with van der Waals surface area (Å²) < 4.78 is 118. The van der Waals surface area contributed by atoms with Crippen LogP contribution in [0.2, 0.25) is 5.02 Å². The number of carbonyl (C=O) groups excluding carboxylic acids is 1. The first-order valence-corrected chi connectivity index (χ1v) is 19.2. The Labute approximate surface area is 322 Å². The van der Waals surface area contributed by atoms with Gasteiger partial charge in [-0.05, 0) is 60.4 Å². The molecule has 8 rings (SSSR count). The van der Waals surface area contributed by atoms with Crippen LogP contribution in [0.1, 0.15) is 58.7 Å². The van der Waals surface area contributed by atoms with Gasteiger partial charge in [-0.1, -0.05) is 11.6 Å². The lowest BCUT2D eigenvalue weighted by Crippen LogP contribution is -2.38. The van der Waals surface area contributed by atoms with Gasteiger partial charge in [-0.2, -0.15) is 24.2 Å². The third kappa shape index (κ3) is 6.53. The number of aryl methyl sites for hydroxylation is 1. The lowest BCUT2D eigenvalue weighted by Gasteiger charge is -2.24. The fraction of sp³-hybridized carbons (Fsp3) is 0.278. The van der Waals surface area contributed by atoms with Crippen molar-refractivity contribution in [2.24, 2.45) is 13.0 Å². The molecular weight excluding hydrogens is 804 g/mol. The van der Waals surface area contributed by atoms with Gasteiger partial charge in [0, 0.05) is 31.0 Å². The van der Waals surface area contributed by atoms with E-state index in [0.717, 1.165) is 23.0 Å². The summed E-state index contributed by atoms with van der Waals surface area (Å²) in [4.78, 5) is 33.2. The van der Waals surface area contributed by atoms with E-state index < -0.39 is 87.7 Å². The van der Waals surface area contributed by atoms with Crippen molar-refractivity contribution in [2.45, 2.75) is 43.7 Å². The molecule has 13 nitrogen and oxygen atoms in total. The van der Waals surface area contributed by atoms with Crippen LogP contribution < -0.4 is 15.6 Å². The van der Waals surface area contributed by atoms with Gasteiger partial charge in [0.25, 0.3) is 17.9 Å². The molecule has 3 atom stereocenters. The number of hydrogen-bond acceptors (Lipinski definition) is 8. The Morgan fingerprint density at radius 2 is 1.82 bits per heavy atom. The van der Waals surface area contributed by atoms with E-state index in [2.05, 4.69) is 25.2 Å². The number of hydrogen-bond donors (Lipinski definition) is 2. The highest BCUT2D eigenvalue weighted by Gasteiger charge is 2.67. The molecule has 3 aromatic heterocycles. The summed E-state index contributed by atoms with van der Waals surface area (Å²) in [5, 5.41) is 20.2. The fourth-order valence-corrected chi connectivity index (χ4v) is 8.39. The molecule has 0 aliphatic heterocycles. The maximum atomic E-state index is 15.4. The number of halogens is 7. The number of aromatic nitrogens is 6. The van der Waals surface area contributed by atoms with Gasteiger partial charge in [-0.15, -0.1) is 0 Å². The zero-order valence-corrected chi connectivity index (χ0v) is 30.9. The number of rotatable bonds is 10. The maximum Gasteiger partial charge on any atom is 0.293 e. The molecule has 2 aliphatic rings. The first kappa shape index (κ1) is 38.0. The Kier molecular flexibility index (Phi) is 8.88. The number of nitriles is 1. The highest BCUT2D eigenvalue weighted by atomic mass is 35.5. The van der Waals surface area contributed by atoms with Gasteiger partial charge < -0.3 is 5.32 Å². The minimum atomic E-state index is -3.91. The van der Waals surface area contributed by atoms with E-state index in [0.29, 0.717) is 10.7 Å². The largest absolute Gasteiger partial charge is 0.344 e. The number of anilines is 1. The first-order chi connectivity index (χ1) is 26.9. The van der Waals surface area contributed by atoms with Crippen molar-refractivity contribution in [3.63, 3.8) is 0 Å². The molecule has 0 spiro atoms. The molecule has 6 aromatic rings. The quantitative estimate of drug-likeness (QED) is 0.161. The highest BCUT2D eigenvalue weighted by molar-refractivity contribution is 7.92. The molecule has 2 N–H and O–H groups in total. The minimum absolute atomic E-state index is 0.0109. The second-order valence-corrected chi connectivity index (χ2v) is 16.0. The number of fused-ring (bicyclic) bond motifs is 5. The summed E-state index contributed by atoms with van der Waals surface area (Å²) in [5.74, 6) is -9.17. The van der Waals surface area contributed by atoms with E-state index in [1.165, 1.54) is 42.1 Å². The average Bonchev–Trinajstić information content (AvgIpc) is 3.66. The number of carbonyl (C=O) groups is 1. The van der Waals surface area contributed by atoms with Crippen molar-refractivity contribution in [2.75, 3.05) is 11.0 Å². The van der Waals surface area contributed by atoms with E-state index in [1.54, 1.807) is 0 Å². The van der Waals surface area contributed by atoms with Crippen molar-refractivity contribution in [3.8, 4) is 11.8 Å². The molecule has 0 bridgehead atoms. The van der Waals surface area contributed by atoms with E-state index in [4.69, 9.17) is 11.6 Å². The summed E-state index contributed by atoms with van der Waals surface area (Å²) in [5.41, 5.74) is -2.71. The monoisotopic (exact) mass is 829 g/mol. The molecule has 2 unspecified atom stereocenters. The van der Waals surface area contributed by atoms with Crippen LogP contribution in [0.5, 0.6) is 0 Å². The second kappa shape index (κ2) is 13.3. The Morgan fingerprint density at radius 3 is 2.49 bits per heavy atom. The predicted molar refractivity (Wildman–Crippen MR) is 193 cm³/mol. The van der Waals surface area contributed by atoms with Crippen LogP contribution >= 0.6 is 11.6 Å². The van der Waals surface area contributed by atoms with Crippen LogP contribution in [-0.4, -0.2) is 49.7 Å². The SMILES string of the molecule is Cn1nc(NS(C)(=O)=O)c2c(Cl)ccc(-n3c(C(Cc4cc(F)cc(F)c4)NC(=O)Cn4nc(C(F)F)c5c4C(F)(F)[C@@H]4CC54)nc4cc(C#N)ccc4c3=O)c21. The molecule has 294 valence electrons. The number of nitrogens with one attached hydrogen (secondary N) is 2. The number of sulfonamides is 1. The Balaban J connectivity index is 1.33. The van der Waals surface area contributed by atoms with Gasteiger partial charge in [-0.25, -0.2) is 31.0 Å². The van der Waals surface area contributed by atoms with E-state index in [1.807, 2.05) is 6.07 Å². The summed E-state index contributed by atoms with van der Waals surface area (Å²) in [7, 11) is -2.48. The molecular formula is C36H26ClF6N9O4S. The number of nitrogens with zero attached hydrogens (tertiary/aromatic N) is 7. The van der Waals surface area contributed by atoms with Gasteiger partial charge >= 0.3 is 0 Å². The zero-order valence-electron chi connectivity index (χ0n) is 29.4. The smallest absolute Gasteiger partial charge is 0.293 e. The Morgan fingerprint density at radius 1 is 1.11 bits per heavy atom. The number of alkyl halides is 4. The summed E-state index contributed by atoms with van der Waals surface area (Å²) in [6.07, 6.45) is -2.82. The van der Waals surface area contributed by atoms with Gasteiger partial charge in [0.1, 0.15) is 35.4 Å². The summed E-state index contributed by atoms with van der Waals surface area (Å²) >= 11 is 6.55. The molecule has 1 fully saturated rings. The van der Waals surface area contributed by atoms with Crippen LogP contribution in [-0.2, 0) is 40.8 Å². The fourth-order valence-electron chi connectivity index (χ4n) is 7.65. The van der Waals surface area contributed by atoms with E-state index >= 15 is 8.78 Å². The minimum Gasteiger partial charge on any atom is -0.344 e. The first-order valence-electron chi connectivity index (χ1n) is 17.0.